The van der Waals surface area contributed by atoms with E-state index in [2.05, 4.69) is 58.5 Å². The minimum absolute atomic E-state index is 0.998. The van der Waals surface area contributed by atoms with Gasteiger partial charge in [-0.25, -0.2) is 9.97 Å². The van der Waals surface area contributed by atoms with Crippen LogP contribution in [0.1, 0.15) is 11.1 Å². The Morgan fingerprint density at radius 2 is 1.26 bits per heavy atom. The Balaban J connectivity index is 0.000000122. The first-order valence-corrected chi connectivity index (χ1v) is 7.73. The Hall–Kier alpha value is -3.00. The van der Waals surface area contributed by atoms with Crippen molar-refractivity contribution in [1.29, 1.82) is 0 Å². The molecule has 1 aliphatic carbocycles. The predicted molar refractivity (Wildman–Crippen MR) is 94.2 cm³/mol. The fraction of sp³-hybridized carbons (Fsp3) is 0.0476. The monoisotopic (exact) mass is 296 g/mol. The third-order valence-electron chi connectivity index (χ3n) is 4.12. The first-order chi connectivity index (χ1) is 11.4. The third-order valence-corrected chi connectivity index (χ3v) is 4.12. The number of benzene rings is 3. The second kappa shape index (κ2) is 6.01. The molecule has 0 spiro atoms. The number of nitrogens with zero attached hydrogens (tertiary/aromatic N) is 2. The molecule has 0 atom stereocenters. The lowest BCUT2D eigenvalue weighted by atomic mass is 10.1. The number of hydrogen-bond donors (Lipinski definition) is 0. The number of fused-ring (bicyclic) bond motifs is 4. The first kappa shape index (κ1) is 13.6. The Labute approximate surface area is 135 Å². The van der Waals surface area contributed by atoms with Gasteiger partial charge in [-0.1, -0.05) is 66.7 Å². The summed E-state index contributed by atoms with van der Waals surface area (Å²) in [6, 6.07) is 25.2. The van der Waals surface area contributed by atoms with Crippen LogP contribution in [-0.4, -0.2) is 9.97 Å². The molecule has 2 nitrogen and oxygen atoms in total. The summed E-state index contributed by atoms with van der Waals surface area (Å²) in [6.45, 7) is 0. The van der Waals surface area contributed by atoms with Gasteiger partial charge in [0.15, 0.2) is 0 Å². The van der Waals surface area contributed by atoms with Crippen molar-refractivity contribution >= 4 is 10.9 Å². The third kappa shape index (κ3) is 2.71. The molecule has 2 heteroatoms. The van der Waals surface area contributed by atoms with Crippen molar-refractivity contribution in [2.45, 2.75) is 6.42 Å². The van der Waals surface area contributed by atoms with Gasteiger partial charge in [0.2, 0.25) is 0 Å². The van der Waals surface area contributed by atoms with Crippen molar-refractivity contribution in [3.8, 4) is 11.1 Å². The summed E-state index contributed by atoms with van der Waals surface area (Å²) in [5.74, 6) is 0. The molecule has 0 bridgehead atoms. The van der Waals surface area contributed by atoms with E-state index >= 15 is 0 Å². The second-order valence-electron chi connectivity index (χ2n) is 5.57. The highest BCUT2D eigenvalue weighted by Gasteiger charge is 2.15. The molecule has 0 saturated heterocycles. The molecule has 0 amide bonds. The highest BCUT2D eigenvalue weighted by molar-refractivity contribution is 5.77. The van der Waals surface area contributed by atoms with Gasteiger partial charge in [-0.15, -0.1) is 0 Å². The van der Waals surface area contributed by atoms with E-state index in [0.29, 0.717) is 0 Å². The summed E-state index contributed by atoms with van der Waals surface area (Å²) in [4.78, 5) is 7.97. The first-order valence-electron chi connectivity index (χ1n) is 7.73. The lowest BCUT2D eigenvalue weighted by Gasteiger charge is -1.98. The lowest BCUT2D eigenvalue weighted by molar-refractivity contribution is 1.22. The zero-order valence-electron chi connectivity index (χ0n) is 12.7. The van der Waals surface area contributed by atoms with Gasteiger partial charge < -0.3 is 0 Å². The molecule has 0 radical (unpaired) electrons. The summed E-state index contributed by atoms with van der Waals surface area (Å²) in [5.41, 5.74) is 6.75. The molecule has 5 rings (SSSR count). The average Bonchev–Trinajstić information content (AvgIpc) is 3.01. The quantitative estimate of drug-likeness (QED) is 0.407. The van der Waals surface area contributed by atoms with E-state index < -0.39 is 0 Å². The van der Waals surface area contributed by atoms with Gasteiger partial charge in [-0.3, -0.25) is 0 Å². The molecule has 23 heavy (non-hydrogen) atoms. The Morgan fingerprint density at radius 1 is 0.652 bits per heavy atom. The van der Waals surface area contributed by atoms with Gasteiger partial charge in [0.1, 0.15) is 6.33 Å². The van der Waals surface area contributed by atoms with Crippen molar-refractivity contribution in [2.24, 2.45) is 0 Å². The van der Waals surface area contributed by atoms with Crippen molar-refractivity contribution < 1.29 is 0 Å². The molecule has 0 fully saturated rings. The smallest absolute Gasteiger partial charge is 0.116 e. The topological polar surface area (TPSA) is 25.8 Å². The maximum atomic E-state index is 4.07. The van der Waals surface area contributed by atoms with Crippen LogP contribution >= 0.6 is 0 Å². The number of para-hydroxylation sites is 1. The standard InChI is InChI=1S/C13H10.C8H6N2/c1-3-7-12-10(5-1)9-11-6-2-4-8-13(11)12;1-2-4-8-7(3-1)5-9-6-10-8/h1-8H,9H2;1-6H. The molecule has 0 unspecified atom stereocenters. The van der Waals surface area contributed by atoms with Gasteiger partial charge in [-0.2, -0.15) is 0 Å². The molecule has 1 heterocycles. The van der Waals surface area contributed by atoms with Gasteiger partial charge in [0.05, 0.1) is 5.52 Å². The van der Waals surface area contributed by atoms with Crippen LogP contribution in [0.25, 0.3) is 22.0 Å². The highest BCUT2D eigenvalue weighted by atomic mass is 14.8. The maximum absolute atomic E-state index is 4.07. The van der Waals surface area contributed by atoms with Crippen LogP contribution in [0.3, 0.4) is 0 Å². The molecule has 4 aromatic rings. The molecule has 1 aliphatic rings. The fourth-order valence-corrected chi connectivity index (χ4v) is 3.00. The van der Waals surface area contributed by atoms with Gasteiger partial charge in [0.25, 0.3) is 0 Å². The summed E-state index contributed by atoms with van der Waals surface area (Å²) in [7, 11) is 0. The van der Waals surface area contributed by atoms with Crippen LogP contribution in [0.15, 0.2) is 85.3 Å². The van der Waals surface area contributed by atoms with Crippen molar-refractivity contribution in [3.63, 3.8) is 0 Å². The average molecular weight is 296 g/mol. The van der Waals surface area contributed by atoms with Crippen molar-refractivity contribution in [1.82, 2.24) is 9.97 Å². The van der Waals surface area contributed by atoms with Gasteiger partial charge in [-0.05, 0) is 34.7 Å². The number of rotatable bonds is 0. The maximum Gasteiger partial charge on any atom is 0.116 e. The molecular formula is C21H16N2. The SMILES string of the molecule is c1ccc2c(c1)Cc1ccccc1-2.c1ccc2ncncc2c1. The normalized spacial score (nSPS) is 11.3. The Kier molecular flexibility index (Phi) is 3.57. The minimum atomic E-state index is 0.998. The van der Waals surface area contributed by atoms with E-state index in [-0.39, 0.29) is 0 Å². The van der Waals surface area contributed by atoms with E-state index in [9.17, 15) is 0 Å². The molecule has 0 aliphatic heterocycles. The van der Waals surface area contributed by atoms with E-state index in [1.165, 1.54) is 22.3 Å². The zero-order chi connectivity index (χ0) is 15.5. The highest BCUT2D eigenvalue weighted by Crippen LogP contribution is 2.35. The molecule has 1 aromatic heterocycles. The van der Waals surface area contributed by atoms with Gasteiger partial charge >= 0.3 is 0 Å². The Morgan fingerprint density at radius 3 is 1.96 bits per heavy atom. The fourth-order valence-electron chi connectivity index (χ4n) is 3.00. The van der Waals surface area contributed by atoms with Gasteiger partial charge in [0, 0.05) is 11.6 Å². The minimum Gasteiger partial charge on any atom is -0.244 e. The second-order valence-corrected chi connectivity index (χ2v) is 5.57. The Bertz CT molecular complexity index is 851. The lowest BCUT2D eigenvalue weighted by Crippen LogP contribution is -1.77. The predicted octanol–water partition coefficient (Wildman–Crippen LogP) is 4.89. The van der Waals surface area contributed by atoms with Crippen molar-refractivity contribution in [2.75, 3.05) is 0 Å². The van der Waals surface area contributed by atoms with Crippen LogP contribution in [0.2, 0.25) is 0 Å². The summed E-state index contributed by atoms with van der Waals surface area (Å²) in [6.07, 6.45) is 4.47. The molecular weight excluding hydrogens is 280 g/mol. The van der Waals surface area contributed by atoms with Crippen LogP contribution in [0.5, 0.6) is 0 Å². The van der Waals surface area contributed by atoms with Crippen LogP contribution < -0.4 is 0 Å². The van der Waals surface area contributed by atoms with E-state index in [4.69, 9.17) is 0 Å². The van der Waals surface area contributed by atoms with E-state index in [0.717, 1.165) is 17.3 Å². The molecule has 110 valence electrons. The van der Waals surface area contributed by atoms with Crippen LogP contribution in [-0.2, 0) is 6.42 Å². The van der Waals surface area contributed by atoms with E-state index in [1.807, 2.05) is 30.5 Å². The molecule has 0 saturated carbocycles. The van der Waals surface area contributed by atoms with Crippen molar-refractivity contribution in [3.05, 3.63) is 96.4 Å². The van der Waals surface area contributed by atoms with Crippen LogP contribution in [0.4, 0.5) is 0 Å². The van der Waals surface area contributed by atoms with Crippen LogP contribution in [0, 0.1) is 0 Å². The zero-order valence-corrected chi connectivity index (χ0v) is 12.7. The summed E-state index contributed by atoms with van der Waals surface area (Å²) < 4.78 is 0. The summed E-state index contributed by atoms with van der Waals surface area (Å²) >= 11 is 0. The van der Waals surface area contributed by atoms with E-state index in [1.54, 1.807) is 6.33 Å². The summed E-state index contributed by atoms with van der Waals surface area (Å²) in [5, 5.41) is 1.09. The molecule has 3 aromatic carbocycles. The number of aromatic nitrogens is 2. The largest absolute Gasteiger partial charge is 0.244 e. The number of hydrogen-bond acceptors (Lipinski definition) is 2. The molecule has 0 N–H and O–H groups in total.